The van der Waals surface area contributed by atoms with Gasteiger partial charge >= 0.3 is 0 Å². The predicted molar refractivity (Wildman–Crippen MR) is 94.6 cm³/mol. The lowest BCUT2D eigenvalue weighted by Gasteiger charge is -2.03. The zero-order chi connectivity index (χ0) is 17.6. The smallest absolute Gasteiger partial charge is 0.262 e. The van der Waals surface area contributed by atoms with E-state index in [1.165, 1.54) is 6.08 Å². The van der Waals surface area contributed by atoms with Crippen molar-refractivity contribution in [1.82, 2.24) is 5.32 Å². The Hall–Kier alpha value is -3.52. The maximum absolute atomic E-state index is 12.2. The molecule has 3 aromatic rings. The Bertz CT molecular complexity index is 966. The van der Waals surface area contributed by atoms with Crippen molar-refractivity contribution in [2.45, 2.75) is 6.54 Å². The van der Waals surface area contributed by atoms with Gasteiger partial charge in [0, 0.05) is 18.0 Å². The van der Waals surface area contributed by atoms with Gasteiger partial charge in [-0.3, -0.25) is 4.79 Å². The molecule has 25 heavy (non-hydrogen) atoms. The van der Waals surface area contributed by atoms with Gasteiger partial charge in [-0.15, -0.1) is 0 Å². The average molecular weight is 332 g/mol. The number of carbonyl (C=O) groups excluding carboxylic acids is 1. The van der Waals surface area contributed by atoms with Crippen molar-refractivity contribution in [2.24, 2.45) is 0 Å². The molecule has 0 aliphatic heterocycles. The first-order valence-corrected chi connectivity index (χ1v) is 7.71. The molecular formula is C20H16N2O3. The van der Waals surface area contributed by atoms with Crippen molar-refractivity contribution >= 4 is 23.0 Å². The standard InChI is InChI=1S/C20H16N2O3/c1-24-18-9-5-8-15-10-17(25-19(15)18)11-16(12-21)20(23)22-13-14-6-3-2-4-7-14/h2-11H,13H2,1H3,(H,22,23)/b16-11+. The molecular weight excluding hydrogens is 316 g/mol. The van der Waals surface area contributed by atoms with E-state index in [0.29, 0.717) is 23.6 Å². The summed E-state index contributed by atoms with van der Waals surface area (Å²) in [5.41, 5.74) is 1.52. The van der Waals surface area contributed by atoms with E-state index in [4.69, 9.17) is 9.15 Å². The molecule has 3 rings (SSSR count). The minimum atomic E-state index is -0.446. The summed E-state index contributed by atoms with van der Waals surface area (Å²) in [5.74, 6) is 0.578. The molecule has 0 bridgehead atoms. The van der Waals surface area contributed by atoms with E-state index in [0.717, 1.165) is 10.9 Å². The summed E-state index contributed by atoms with van der Waals surface area (Å²) in [6, 6.07) is 18.7. The molecule has 0 atom stereocenters. The molecule has 5 heteroatoms. The average Bonchev–Trinajstić information content (AvgIpc) is 3.07. The number of benzene rings is 2. The third kappa shape index (κ3) is 3.70. The van der Waals surface area contributed by atoms with E-state index < -0.39 is 5.91 Å². The number of nitrogens with one attached hydrogen (secondary N) is 1. The van der Waals surface area contributed by atoms with E-state index in [1.54, 1.807) is 19.2 Å². The van der Waals surface area contributed by atoms with Gasteiger partial charge < -0.3 is 14.5 Å². The molecule has 1 N–H and O–H groups in total. The molecule has 0 radical (unpaired) electrons. The van der Waals surface area contributed by atoms with Gasteiger partial charge in [0.2, 0.25) is 0 Å². The molecule has 1 aromatic heterocycles. The summed E-state index contributed by atoms with van der Waals surface area (Å²) < 4.78 is 11.0. The van der Waals surface area contributed by atoms with Crippen molar-refractivity contribution in [2.75, 3.05) is 7.11 Å². The molecule has 0 saturated carbocycles. The minimum absolute atomic E-state index is 0.0195. The van der Waals surface area contributed by atoms with Crippen LogP contribution in [0.3, 0.4) is 0 Å². The minimum Gasteiger partial charge on any atom is -0.493 e. The molecule has 0 saturated heterocycles. The Morgan fingerprint density at radius 2 is 2.04 bits per heavy atom. The molecule has 2 aromatic carbocycles. The Kier molecular flexibility index (Phi) is 4.82. The summed E-state index contributed by atoms with van der Waals surface area (Å²) in [5, 5.41) is 12.9. The fourth-order valence-electron chi connectivity index (χ4n) is 2.45. The number of para-hydroxylation sites is 1. The first-order chi connectivity index (χ1) is 12.2. The molecule has 124 valence electrons. The summed E-state index contributed by atoms with van der Waals surface area (Å²) in [6.45, 7) is 0.354. The number of methoxy groups -OCH3 is 1. The van der Waals surface area contributed by atoms with Crippen LogP contribution in [-0.2, 0) is 11.3 Å². The van der Waals surface area contributed by atoms with Crippen molar-refractivity contribution in [3.63, 3.8) is 0 Å². The normalized spacial score (nSPS) is 11.1. The van der Waals surface area contributed by atoms with Crippen molar-refractivity contribution < 1.29 is 13.9 Å². The van der Waals surface area contributed by atoms with Gasteiger partial charge in [-0.25, -0.2) is 0 Å². The highest BCUT2D eigenvalue weighted by Crippen LogP contribution is 2.29. The second-order valence-corrected chi connectivity index (χ2v) is 5.37. The van der Waals surface area contributed by atoms with Crippen LogP contribution in [0.25, 0.3) is 17.0 Å². The molecule has 0 spiro atoms. The SMILES string of the molecule is COc1cccc2cc(/C=C(\C#N)C(=O)NCc3ccccc3)oc12. The van der Waals surface area contributed by atoms with Crippen LogP contribution < -0.4 is 10.1 Å². The Morgan fingerprint density at radius 3 is 2.76 bits per heavy atom. The fraction of sp³-hybridized carbons (Fsp3) is 0.100. The first-order valence-electron chi connectivity index (χ1n) is 7.71. The number of nitrogens with zero attached hydrogens (tertiary/aromatic N) is 1. The predicted octanol–water partition coefficient (Wildman–Crippen LogP) is 3.66. The van der Waals surface area contributed by atoms with E-state index >= 15 is 0 Å². The number of amides is 1. The van der Waals surface area contributed by atoms with E-state index in [-0.39, 0.29) is 5.57 Å². The van der Waals surface area contributed by atoms with Crippen LogP contribution in [0.2, 0.25) is 0 Å². The Labute approximate surface area is 145 Å². The number of ether oxygens (including phenoxy) is 1. The lowest BCUT2D eigenvalue weighted by atomic mass is 10.2. The molecule has 0 aliphatic rings. The molecule has 0 aliphatic carbocycles. The largest absolute Gasteiger partial charge is 0.493 e. The molecule has 1 heterocycles. The highest BCUT2D eigenvalue weighted by Gasteiger charge is 2.12. The van der Waals surface area contributed by atoms with Crippen molar-refractivity contribution in [1.29, 1.82) is 5.26 Å². The van der Waals surface area contributed by atoms with Crippen molar-refractivity contribution in [3.05, 3.63) is 71.5 Å². The van der Waals surface area contributed by atoms with Gasteiger partial charge in [0.25, 0.3) is 5.91 Å². The van der Waals surface area contributed by atoms with Crippen LogP contribution in [-0.4, -0.2) is 13.0 Å². The second kappa shape index (κ2) is 7.37. The number of hydrogen-bond donors (Lipinski definition) is 1. The van der Waals surface area contributed by atoms with Gasteiger partial charge in [-0.05, 0) is 17.7 Å². The van der Waals surface area contributed by atoms with Crippen LogP contribution >= 0.6 is 0 Å². The fourth-order valence-corrected chi connectivity index (χ4v) is 2.45. The Morgan fingerprint density at radius 1 is 1.24 bits per heavy atom. The first kappa shape index (κ1) is 16.3. The molecule has 5 nitrogen and oxygen atoms in total. The van der Waals surface area contributed by atoms with Crippen LogP contribution in [0.1, 0.15) is 11.3 Å². The van der Waals surface area contributed by atoms with E-state index in [2.05, 4.69) is 5.32 Å². The van der Waals surface area contributed by atoms with Gasteiger partial charge in [-0.2, -0.15) is 5.26 Å². The Balaban J connectivity index is 1.80. The topological polar surface area (TPSA) is 75.3 Å². The van der Waals surface area contributed by atoms with Gasteiger partial charge in [-0.1, -0.05) is 42.5 Å². The molecule has 0 unspecified atom stereocenters. The lowest BCUT2D eigenvalue weighted by Crippen LogP contribution is -2.23. The lowest BCUT2D eigenvalue weighted by molar-refractivity contribution is -0.117. The zero-order valence-corrected chi connectivity index (χ0v) is 13.7. The molecule has 0 fully saturated rings. The third-order valence-electron chi connectivity index (χ3n) is 3.69. The number of nitriles is 1. The van der Waals surface area contributed by atoms with E-state index in [9.17, 15) is 10.1 Å². The number of hydrogen-bond acceptors (Lipinski definition) is 4. The summed E-state index contributed by atoms with van der Waals surface area (Å²) in [4.78, 5) is 12.2. The number of rotatable bonds is 5. The van der Waals surface area contributed by atoms with Gasteiger partial charge in [0.05, 0.1) is 7.11 Å². The van der Waals surface area contributed by atoms with Crippen LogP contribution in [0, 0.1) is 11.3 Å². The van der Waals surface area contributed by atoms with E-state index in [1.807, 2.05) is 48.5 Å². The zero-order valence-electron chi connectivity index (χ0n) is 13.7. The summed E-state index contributed by atoms with van der Waals surface area (Å²) >= 11 is 0. The van der Waals surface area contributed by atoms with Crippen LogP contribution in [0.4, 0.5) is 0 Å². The number of fused-ring (bicyclic) bond motifs is 1. The summed E-state index contributed by atoms with van der Waals surface area (Å²) in [6.07, 6.45) is 1.43. The summed E-state index contributed by atoms with van der Waals surface area (Å²) in [7, 11) is 1.56. The maximum Gasteiger partial charge on any atom is 0.262 e. The number of furan rings is 1. The highest BCUT2D eigenvalue weighted by atomic mass is 16.5. The van der Waals surface area contributed by atoms with Gasteiger partial charge in [0.15, 0.2) is 11.3 Å². The third-order valence-corrected chi connectivity index (χ3v) is 3.69. The van der Waals surface area contributed by atoms with Crippen molar-refractivity contribution in [3.8, 4) is 11.8 Å². The van der Waals surface area contributed by atoms with Crippen LogP contribution in [0.5, 0.6) is 5.75 Å². The maximum atomic E-state index is 12.2. The molecule has 1 amide bonds. The quantitative estimate of drug-likeness (QED) is 0.571. The second-order valence-electron chi connectivity index (χ2n) is 5.37. The highest BCUT2D eigenvalue weighted by molar-refractivity contribution is 6.01. The van der Waals surface area contributed by atoms with Crippen LogP contribution in [0.15, 0.2) is 64.6 Å². The number of carbonyl (C=O) groups is 1. The monoisotopic (exact) mass is 332 g/mol. The van der Waals surface area contributed by atoms with Gasteiger partial charge in [0.1, 0.15) is 17.4 Å².